The molecule has 0 radical (unpaired) electrons. The second-order valence-electron chi connectivity index (χ2n) is 8.86. The lowest BCUT2D eigenvalue weighted by Crippen LogP contribution is -2.51. The van der Waals surface area contributed by atoms with Gasteiger partial charge in [0.1, 0.15) is 12.6 Å². The van der Waals surface area contributed by atoms with Gasteiger partial charge < -0.3 is 10.2 Å². The molecule has 1 unspecified atom stereocenters. The second-order valence-corrected chi connectivity index (χ2v) is 11.9. The summed E-state index contributed by atoms with van der Waals surface area (Å²) >= 11 is 18.7. The lowest BCUT2D eigenvalue weighted by atomic mass is 10.1. The van der Waals surface area contributed by atoms with Crippen LogP contribution in [0.5, 0.6) is 0 Å². The van der Waals surface area contributed by atoms with E-state index in [1.807, 2.05) is 6.92 Å². The van der Waals surface area contributed by atoms with E-state index in [2.05, 4.69) is 5.32 Å². The number of unbranched alkanes of at least 4 members (excludes halogenated alkanes) is 1. The fourth-order valence-corrected chi connectivity index (χ4v) is 5.73. The van der Waals surface area contributed by atoms with Crippen LogP contribution in [0.25, 0.3) is 0 Å². The minimum absolute atomic E-state index is 0.00146. The molecule has 0 heterocycles. The summed E-state index contributed by atoms with van der Waals surface area (Å²) in [4.78, 5) is 28.2. The number of sulfonamides is 1. The first-order valence-corrected chi connectivity index (χ1v) is 15.0. The van der Waals surface area contributed by atoms with Crippen molar-refractivity contribution >= 4 is 62.3 Å². The van der Waals surface area contributed by atoms with Crippen molar-refractivity contribution in [3.8, 4) is 0 Å². The number of amides is 2. The Morgan fingerprint density at radius 2 is 1.56 bits per heavy atom. The normalized spacial score (nSPS) is 12.0. The number of anilines is 1. The first-order valence-electron chi connectivity index (χ1n) is 12.4. The number of halogens is 3. The van der Waals surface area contributed by atoms with Crippen molar-refractivity contribution in [3.05, 3.63) is 93.4 Å². The highest BCUT2D eigenvalue weighted by molar-refractivity contribution is 7.92. The van der Waals surface area contributed by atoms with Gasteiger partial charge in [0.2, 0.25) is 11.8 Å². The molecule has 2 amide bonds. The van der Waals surface area contributed by atoms with Crippen LogP contribution in [0.2, 0.25) is 15.1 Å². The molecule has 208 valence electrons. The molecule has 0 spiro atoms. The van der Waals surface area contributed by atoms with Crippen molar-refractivity contribution in [3.63, 3.8) is 0 Å². The third-order valence-electron chi connectivity index (χ3n) is 6.10. The third kappa shape index (κ3) is 7.88. The van der Waals surface area contributed by atoms with Gasteiger partial charge >= 0.3 is 0 Å². The van der Waals surface area contributed by atoms with Crippen LogP contribution in [-0.4, -0.2) is 44.3 Å². The van der Waals surface area contributed by atoms with Crippen LogP contribution in [0, 0.1) is 0 Å². The van der Waals surface area contributed by atoms with E-state index >= 15 is 0 Å². The molecule has 3 aromatic carbocycles. The first-order chi connectivity index (χ1) is 18.6. The number of carbonyl (C=O) groups excluding carboxylic acids is 2. The molecule has 11 heteroatoms. The molecule has 0 aliphatic rings. The molecule has 1 atom stereocenters. The van der Waals surface area contributed by atoms with Gasteiger partial charge in [-0.3, -0.25) is 13.9 Å². The highest BCUT2D eigenvalue weighted by atomic mass is 35.5. The maximum atomic E-state index is 13.9. The number of hydrogen-bond donors (Lipinski definition) is 1. The van der Waals surface area contributed by atoms with Crippen LogP contribution in [0.4, 0.5) is 5.69 Å². The smallest absolute Gasteiger partial charge is 0.264 e. The maximum absolute atomic E-state index is 13.9. The Hall–Kier alpha value is -2.78. The highest BCUT2D eigenvalue weighted by Gasteiger charge is 2.33. The molecule has 7 nitrogen and oxygen atoms in total. The summed E-state index contributed by atoms with van der Waals surface area (Å²) in [7, 11) is -4.20. The Kier molecular flexibility index (Phi) is 11.1. The van der Waals surface area contributed by atoms with E-state index in [4.69, 9.17) is 34.8 Å². The molecule has 3 aromatic rings. The minimum atomic E-state index is -4.20. The molecule has 3 rings (SSSR count). The van der Waals surface area contributed by atoms with Crippen molar-refractivity contribution in [1.82, 2.24) is 10.2 Å². The minimum Gasteiger partial charge on any atom is -0.354 e. The van der Waals surface area contributed by atoms with Crippen molar-refractivity contribution in [2.45, 2.75) is 44.2 Å². The third-order valence-corrected chi connectivity index (χ3v) is 8.99. The van der Waals surface area contributed by atoms with Gasteiger partial charge in [-0.05, 0) is 55.3 Å². The Morgan fingerprint density at radius 3 is 2.21 bits per heavy atom. The maximum Gasteiger partial charge on any atom is 0.264 e. The fourth-order valence-electron chi connectivity index (χ4n) is 3.82. The standard InChI is InChI=1S/C28H30Cl3N3O4S/c1-3-4-16-32-28(36)20(2)33(18-21-10-8-9-13-24(21)29)27(35)19-34(22-14-15-25(30)26(31)17-22)39(37,38)23-11-6-5-7-12-23/h5-15,17,20H,3-4,16,18-19H2,1-2H3,(H,32,36). The summed E-state index contributed by atoms with van der Waals surface area (Å²) in [6.45, 7) is 3.48. The van der Waals surface area contributed by atoms with Crippen LogP contribution in [0.1, 0.15) is 32.3 Å². The molecule has 0 aliphatic heterocycles. The van der Waals surface area contributed by atoms with Gasteiger partial charge in [-0.25, -0.2) is 8.42 Å². The van der Waals surface area contributed by atoms with E-state index in [1.165, 1.54) is 35.2 Å². The van der Waals surface area contributed by atoms with Crippen LogP contribution in [-0.2, 0) is 26.2 Å². The van der Waals surface area contributed by atoms with E-state index < -0.39 is 28.5 Å². The van der Waals surface area contributed by atoms with E-state index in [1.54, 1.807) is 49.4 Å². The molecule has 1 N–H and O–H groups in total. The van der Waals surface area contributed by atoms with E-state index in [9.17, 15) is 18.0 Å². The van der Waals surface area contributed by atoms with Crippen molar-refractivity contribution in [1.29, 1.82) is 0 Å². The molecular formula is C28H30Cl3N3O4S. The largest absolute Gasteiger partial charge is 0.354 e. The summed E-state index contributed by atoms with van der Waals surface area (Å²) in [5, 5.41) is 3.64. The van der Waals surface area contributed by atoms with E-state index in [-0.39, 0.29) is 33.1 Å². The monoisotopic (exact) mass is 609 g/mol. The molecule has 0 bridgehead atoms. The number of hydrogen-bond acceptors (Lipinski definition) is 4. The van der Waals surface area contributed by atoms with Crippen LogP contribution < -0.4 is 9.62 Å². The number of nitrogens with zero attached hydrogens (tertiary/aromatic N) is 2. The summed E-state index contributed by atoms with van der Waals surface area (Å²) in [5.41, 5.74) is 0.770. The highest BCUT2D eigenvalue weighted by Crippen LogP contribution is 2.31. The van der Waals surface area contributed by atoms with Gasteiger partial charge in [-0.1, -0.05) is 84.5 Å². The van der Waals surface area contributed by atoms with Gasteiger partial charge in [-0.2, -0.15) is 0 Å². The molecule has 0 saturated carbocycles. The SMILES string of the molecule is CCCCNC(=O)C(C)N(Cc1ccccc1Cl)C(=O)CN(c1ccc(Cl)c(Cl)c1)S(=O)(=O)c1ccccc1. The summed E-state index contributed by atoms with van der Waals surface area (Å²) in [5.74, 6) is -0.950. The zero-order valence-electron chi connectivity index (χ0n) is 21.6. The molecule has 0 saturated heterocycles. The van der Waals surface area contributed by atoms with Crippen LogP contribution >= 0.6 is 34.8 Å². The Balaban J connectivity index is 2.02. The number of rotatable bonds is 12. The first kappa shape index (κ1) is 30.8. The van der Waals surface area contributed by atoms with Crippen LogP contribution in [0.15, 0.2) is 77.7 Å². The summed E-state index contributed by atoms with van der Waals surface area (Å²) < 4.78 is 28.5. The molecule has 0 fully saturated rings. The predicted molar refractivity (Wildman–Crippen MR) is 157 cm³/mol. The predicted octanol–water partition coefficient (Wildman–Crippen LogP) is 6.18. The quantitative estimate of drug-likeness (QED) is 0.248. The molecule has 0 aromatic heterocycles. The summed E-state index contributed by atoms with van der Waals surface area (Å²) in [6.07, 6.45) is 1.68. The zero-order valence-corrected chi connectivity index (χ0v) is 24.7. The topological polar surface area (TPSA) is 86.8 Å². The van der Waals surface area contributed by atoms with Gasteiger partial charge in [-0.15, -0.1) is 0 Å². The molecule has 0 aliphatic carbocycles. The average molecular weight is 611 g/mol. The van der Waals surface area contributed by atoms with Crippen molar-refractivity contribution in [2.75, 3.05) is 17.4 Å². The number of carbonyl (C=O) groups is 2. The van der Waals surface area contributed by atoms with E-state index in [0.29, 0.717) is 17.1 Å². The lowest BCUT2D eigenvalue weighted by molar-refractivity contribution is -0.139. The average Bonchev–Trinajstić information content (AvgIpc) is 2.92. The molecular weight excluding hydrogens is 581 g/mol. The zero-order chi connectivity index (χ0) is 28.6. The van der Waals surface area contributed by atoms with Crippen molar-refractivity contribution < 1.29 is 18.0 Å². The number of benzene rings is 3. The van der Waals surface area contributed by atoms with Gasteiger partial charge in [0.15, 0.2) is 0 Å². The Morgan fingerprint density at radius 1 is 0.897 bits per heavy atom. The van der Waals surface area contributed by atoms with Crippen molar-refractivity contribution in [2.24, 2.45) is 0 Å². The summed E-state index contributed by atoms with van der Waals surface area (Å²) in [6, 6.07) is 18.1. The Bertz CT molecular complexity index is 1400. The van der Waals surface area contributed by atoms with Gasteiger partial charge in [0.05, 0.1) is 20.6 Å². The fraction of sp³-hybridized carbons (Fsp3) is 0.286. The van der Waals surface area contributed by atoms with Gasteiger partial charge in [0, 0.05) is 18.1 Å². The van der Waals surface area contributed by atoms with Crippen LogP contribution in [0.3, 0.4) is 0 Å². The lowest BCUT2D eigenvalue weighted by Gasteiger charge is -2.32. The molecule has 39 heavy (non-hydrogen) atoms. The van der Waals surface area contributed by atoms with Gasteiger partial charge in [0.25, 0.3) is 10.0 Å². The second kappa shape index (κ2) is 14.0. The number of nitrogens with one attached hydrogen (secondary N) is 1. The van der Waals surface area contributed by atoms with E-state index in [0.717, 1.165) is 17.1 Å². The Labute approximate surface area is 244 Å².